The van der Waals surface area contributed by atoms with Crippen LogP contribution in [0.4, 0.5) is 0 Å². The van der Waals surface area contributed by atoms with Crippen LogP contribution in [0.1, 0.15) is 290 Å². The number of hydrogen-bond donors (Lipinski definition) is 0. The molecule has 0 aromatic heterocycles. The molecule has 0 aromatic rings. The number of esters is 3. The van der Waals surface area contributed by atoms with Crippen molar-refractivity contribution >= 4 is 17.9 Å². The Balaban J connectivity index is 4.32. The quantitative estimate of drug-likeness (QED) is 0.0262. The van der Waals surface area contributed by atoms with Crippen LogP contribution in [-0.4, -0.2) is 37.2 Å². The zero-order chi connectivity index (χ0) is 45.8. The van der Waals surface area contributed by atoms with E-state index in [1.54, 1.807) is 0 Å². The maximum atomic E-state index is 12.8. The second kappa shape index (κ2) is 52.3. The van der Waals surface area contributed by atoms with Gasteiger partial charge in [0.25, 0.3) is 0 Å². The second-order valence-corrected chi connectivity index (χ2v) is 18.5. The molecule has 0 aliphatic rings. The average Bonchev–Trinajstić information content (AvgIpc) is 3.28. The third kappa shape index (κ3) is 50.5. The van der Waals surface area contributed by atoms with Crippen LogP contribution < -0.4 is 0 Å². The summed E-state index contributed by atoms with van der Waals surface area (Å²) in [5.41, 5.74) is 0. The van der Waals surface area contributed by atoms with Gasteiger partial charge in [-0.3, -0.25) is 14.4 Å². The van der Waals surface area contributed by atoms with Crippen molar-refractivity contribution in [3.05, 3.63) is 36.5 Å². The number of carbonyl (C=O) groups is 3. The number of allylic oxidation sites excluding steroid dienone is 6. The van der Waals surface area contributed by atoms with Gasteiger partial charge in [-0.2, -0.15) is 0 Å². The molecule has 0 amide bonds. The van der Waals surface area contributed by atoms with Crippen molar-refractivity contribution in [1.82, 2.24) is 0 Å². The minimum atomic E-state index is -0.774. The van der Waals surface area contributed by atoms with E-state index in [1.165, 1.54) is 180 Å². The van der Waals surface area contributed by atoms with Gasteiger partial charge in [-0.15, -0.1) is 0 Å². The van der Waals surface area contributed by atoms with Crippen molar-refractivity contribution < 1.29 is 28.6 Å². The van der Waals surface area contributed by atoms with Gasteiger partial charge in [-0.05, 0) is 77.0 Å². The summed E-state index contributed by atoms with van der Waals surface area (Å²) >= 11 is 0. The van der Waals surface area contributed by atoms with E-state index in [1.807, 2.05) is 0 Å². The van der Waals surface area contributed by atoms with Gasteiger partial charge in [0, 0.05) is 19.3 Å². The number of carbonyl (C=O) groups excluding carboxylic acids is 3. The molecule has 0 rings (SSSR count). The molecule has 0 aromatic carbocycles. The molecule has 0 radical (unpaired) electrons. The summed E-state index contributed by atoms with van der Waals surface area (Å²) in [6.07, 6.45) is 61.2. The summed E-state index contributed by atoms with van der Waals surface area (Å²) in [7, 11) is 0. The molecule has 368 valence electrons. The van der Waals surface area contributed by atoms with Crippen LogP contribution >= 0.6 is 0 Å². The van der Waals surface area contributed by atoms with Crippen LogP contribution in [0.5, 0.6) is 0 Å². The Morgan fingerprint density at radius 1 is 0.317 bits per heavy atom. The van der Waals surface area contributed by atoms with Gasteiger partial charge in [0.2, 0.25) is 0 Å². The van der Waals surface area contributed by atoms with Crippen molar-refractivity contribution in [3.8, 4) is 0 Å². The largest absolute Gasteiger partial charge is 0.462 e. The van der Waals surface area contributed by atoms with Gasteiger partial charge in [-0.25, -0.2) is 0 Å². The minimum absolute atomic E-state index is 0.0734. The Hall–Kier alpha value is -2.37. The fourth-order valence-corrected chi connectivity index (χ4v) is 7.94. The molecule has 0 N–H and O–H groups in total. The third-order valence-corrected chi connectivity index (χ3v) is 12.1. The normalized spacial score (nSPS) is 12.2. The van der Waals surface area contributed by atoms with Crippen molar-refractivity contribution in [2.45, 2.75) is 297 Å². The molecule has 0 heterocycles. The van der Waals surface area contributed by atoms with Gasteiger partial charge < -0.3 is 14.2 Å². The summed E-state index contributed by atoms with van der Waals surface area (Å²) in [5, 5.41) is 0. The first-order valence-electron chi connectivity index (χ1n) is 27.5. The number of hydrogen-bond acceptors (Lipinski definition) is 6. The van der Waals surface area contributed by atoms with E-state index in [0.29, 0.717) is 19.3 Å². The summed E-state index contributed by atoms with van der Waals surface area (Å²) in [6.45, 7) is 6.62. The molecule has 0 aliphatic carbocycles. The fourth-order valence-electron chi connectivity index (χ4n) is 7.94. The van der Waals surface area contributed by atoms with Crippen molar-refractivity contribution in [2.24, 2.45) is 0 Å². The van der Waals surface area contributed by atoms with Crippen LogP contribution in [0.3, 0.4) is 0 Å². The lowest BCUT2D eigenvalue weighted by Crippen LogP contribution is -2.30. The molecule has 6 nitrogen and oxygen atoms in total. The van der Waals surface area contributed by atoms with Crippen LogP contribution in [0.2, 0.25) is 0 Å². The maximum absolute atomic E-state index is 12.8. The van der Waals surface area contributed by atoms with Crippen LogP contribution in [0.25, 0.3) is 0 Å². The average molecular weight is 885 g/mol. The Morgan fingerprint density at radius 3 is 0.937 bits per heavy atom. The summed E-state index contributed by atoms with van der Waals surface area (Å²) in [6, 6.07) is 0. The molecule has 0 spiro atoms. The lowest BCUT2D eigenvalue weighted by Gasteiger charge is -2.18. The molecule has 0 saturated heterocycles. The molecule has 0 saturated carbocycles. The number of unbranched alkanes of at least 4 members (excludes halogenated alkanes) is 33. The topological polar surface area (TPSA) is 78.9 Å². The number of ether oxygens (including phenoxy) is 3. The molecule has 0 aliphatic heterocycles. The molecule has 6 heteroatoms. The van der Waals surface area contributed by atoms with Crippen molar-refractivity contribution in [1.29, 1.82) is 0 Å². The standard InChI is InChI=1S/C57H104O6/c1-4-7-10-13-16-19-22-25-26-27-28-29-30-33-35-38-41-44-47-50-56(59)62-53-54(63-57(60)51-48-45-42-39-36-32-24-21-18-15-12-9-6-3)52-61-55(58)49-46-43-40-37-34-31-23-20-17-14-11-8-5-2/h16,19,21,24-26,54H,4-15,17-18,20,22-23,27-53H2,1-3H3/b19-16-,24-21-,26-25-/t54-/m1/s1. The number of rotatable bonds is 50. The van der Waals surface area contributed by atoms with Gasteiger partial charge in [0.1, 0.15) is 13.2 Å². The van der Waals surface area contributed by atoms with Gasteiger partial charge in [-0.1, -0.05) is 231 Å². The summed E-state index contributed by atoms with van der Waals surface area (Å²) < 4.78 is 16.8. The Labute approximate surface area is 391 Å². The first kappa shape index (κ1) is 60.6. The monoisotopic (exact) mass is 885 g/mol. The molecule has 1 atom stereocenters. The van der Waals surface area contributed by atoms with E-state index in [9.17, 15) is 14.4 Å². The highest BCUT2D eigenvalue weighted by Crippen LogP contribution is 2.16. The van der Waals surface area contributed by atoms with E-state index < -0.39 is 6.10 Å². The van der Waals surface area contributed by atoms with Crippen LogP contribution in [0.15, 0.2) is 36.5 Å². The Bertz CT molecular complexity index is 1060. The van der Waals surface area contributed by atoms with Crippen molar-refractivity contribution in [3.63, 3.8) is 0 Å². The zero-order valence-corrected chi connectivity index (χ0v) is 42.1. The SMILES string of the molecule is CCCCC/C=C\C/C=C\CCCCCCCCCCCC(=O)OC[C@@H](COC(=O)CCCCCCCCCCCCCCC)OC(=O)CCCCCCC/C=C\CCCCCC. The van der Waals surface area contributed by atoms with E-state index >= 15 is 0 Å². The molecule has 0 fully saturated rings. The Morgan fingerprint density at radius 2 is 0.571 bits per heavy atom. The van der Waals surface area contributed by atoms with E-state index in [-0.39, 0.29) is 31.1 Å². The summed E-state index contributed by atoms with van der Waals surface area (Å²) in [5.74, 6) is -0.874. The van der Waals surface area contributed by atoms with Gasteiger partial charge >= 0.3 is 17.9 Å². The lowest BCUT2D eigenvalue weighted by atomic mass is 10.0. The minimum Gasteiger partial charge on any atom is -0.462 e. The predicted molar refractivity (Wildman–Crippen MR) is 270 cm³/mol. The lowest BCUT2D eigenvalue weighted by molar-refractivity contribution is -0.167. The molecular weight excluding hydrogens is 781 g/mol. The summed E-state index contributed by atoms with van der Waals surface area (Å²) in [4.78, 5) is 38.0. The second-order valence-electron chi connectivity index (χ2n) is 18.5. The highest BCUT2D eigenvalue weighted by Gasteiger charge is 2.19. The maximum Gasteiger partial charge on any atom is 0.306 e. The molecule has 63 heavy (non-hydrogen) atoms. The van der Waals surface area contributed by atoms with E-state index in [4.69, 9.17) is 14.2 Å². The van der Waals surface area contributed by atoms with E-state index in [2.05, 4.69) is 57.2 Å². The molecule has 0 bridgehead atoms. The van der Waals surface area contributed by atoms with Crippen LogP contribution in [-0.2, 0) is 28.6 Å². The van der Waals surface area contributed by atoms with Crippen molar-refractivity contribution in [2.75, 3.05) is 13.2 Å². The zero-order valence-electron chi connectivity index (χ0n) is 42.1. The van der Waals surface area contributed by atoms with Gasteiger partial charge in [0.15, 0.2) is 6.10 Å². The molecular formula is C57H104O6. The highest BCUT2D eigenvalue weighted by molar-refractivity contribution is 5.71. The smallest absolute Gasteiger partial charge is 0.306 e. The first-order valence-corrected chi connectivity index (χ1v) is 27.5. The Kier molecular flexibility index (Phi) is 50.3. The predicted octanol–water partition coefficient (Wildman–Crippen LogP) is 18.1. The van der Waals surface area contributed by atoms with Crippen LogP contribution in [0, 0.1) is 0 Å². The van der Waals surface area contributed by atoms with E-state index in [0.717, 1.165) is 70.6 Å². The first-order chi connectivity index (χ1) is 31.0. The highest BCUT2D eigenvalue weighted by atomic mass is 16.6. The third-order valence-electron chi connectivity index (χ3n) is 12.1. The molecule has 0 unspecified atom stereocenters. The van der Waals surface area contributed by atoms with Gasteiger partial charge in [0.05, 0.1) is 0 Å². The fraction of sp³-hybridized carbons (Fsp3) is 0.842.